The smallest absolute Gasteiger partial charge is 0.338 e. The number of fused-ring (bicyclic) bond motifs is 1. The summed E-state index contributed by atoms with van der Waals surface area (Å²) in [6, 6.07) is 12.7. The first-order valence-electron chi connectivity index (χ1n) is 13.0. The van der Waals surface area contributed by atoms with Crippen molar-refractivity contribution in [3.05, 3.63) is 108 Å². The van der Waals surface area contributed by atoms with Crippen molar-refractivity contribution in [3.8, 4) is 17.2 Å². The molecule has 41 heavy (non-hydrogen) atoms. The summed E-state index contributed by atoms with van der Waals surface area (Å²) in [6.07, 6.45) is 1.83. The van der Waals surface area contributed by atoms with Crippen LogP contribution in [0.1, 0.15) is 42.4 Å². The number of rotatable bonds is 7. The topological polar surface area (TPSA) is 84.1 Å². The Hall–Kier alpha value is -4.44. The molecule has 4 aromatic rings. The number of aromatic nitrogens is 2. The largest absolute Gasteiger partial charge is 0.497 e. The van der Waals surface area contributed by atoms with Crippen LogP contribution >= 0.6 is 11.3 Å². The summed E-state index contributed by atoms with van der Waals surface area (Å²) in [4.78, 5) is 32.4. The molecule has 1 atom stereocenters. The van der Waals surface area contributed by atoms with Crippen molar-refractivity contribution in [3.63, 3.8) is 0 Å². The number of carbonyl (C=O) groups excluding carboxylic acids is 1. The minimum atomic E-state index is -0.819. The van der Waals surface area contributed by atoms with E-state index < -0.39 is 12.0 Å². The van der Waals surface area contributed by atoms with Gasteiger partial charge in [-0.3, -0.25) is 9.36 Å². The van der Waals surface area contributed by atoms with Crippen LogP contribution in [0.4, 0.5) is 4.39 Å². The van der Waals surface area contributed by atoms with Crippen LogP contribution in [0.3, 0.4) is 0 Å². The fourth-order valence-electron chi connectivity index (χ4n) is 5.19. The van der Waals surface area contributed by atoms with Gasteiger partial charge in [0.25, 0.3) is 5.56 Å². The van der Waals surface area contributed by atoms with E-state index in [4.69, 9.17) is 14.2 Å². The van der Waals surface area contributed by atoms with Crippen LogP contribution < -0.4 is 24.4 Å². The Balaban J connectivity index is 1.72. The minimum absolute atomic E-state index is 0.177. The summed E-state index contributed by atoms with van der Waals surface area (Å²) >= 11 is 1.25. The van der Waals surface area contributed by atoms with Gasteiger partial charge in [0.1, 0.15) is 23.4 Å². The number of thiazole rings is 1. The maximum atomic E-state index is 14.1. The standard InChI is InChI=1S/C31H30FN3O5S/c1-7-40-30(37)27-18(3)33-31-35(28(27)24-13-12-23(38-5)16-25(24)39-6)29(36)26(41-31)15-20-14-17(2)34(19(20)4)22-10-8-21(32)9-11-22/h8-16,28H,7H2,1-6H3. The zero-order chi connectivity index (χ0) is 29.4. The molecule has 10 heteroatoms. The zero-order valence-corrected chi connectivity index (χ0v) is 24.5. The number of esters is 1. The first-order valence-corrected chi connectivity index (χ1v) is 13.9. The molecule has 1 aliphatic rings. The monoisotopic (exact) mass is 575 g/mol. The molecule has 3 heterocycles. The molecular weight excluding hydrogens is 545 g/mol. The van der Waals surface area contributed by atoms with Gasteiger partial charge >= 0.3 is 5.97 Å². The third-order valence-electron chi connectivity index (χ3n) is 7.09. The molecule has 0 saturated heterocycles. The molecule has 5 rings (SSSR count). The summed E-state index contributed by atoms with van der Waals surface area (Å²) < 4.78 is 34.0. The normalized spacial score (nSPS) is 15.0. The summed E-state index contributed by atoms with van der Waals surface area (Å²) in [5.74, 6) is 0.183. The second-order valence-electron chi connectivity index (χ2n) is 9.55. The SMILES string of the molecule is CCOC(=O)C1=C(C)N=c2sc(=Cc3cc(C)n(-c4ccc(F)cc4)c3C)c(=O)n2C1c1ccc(OC)cc1OC. The molecule has 0 aliphatic carbocycles. The number of methoxy groups -OCH3 is 2. The molecule has 2 aromatic heterocycles. The van der Waals surface area contributed by atoms with Crippen molar-refractivity contribution < 1.29 is 23.4 Å². The van der Waals surface area contributed by atoms with E-state index >= 15 is 0 Å². The van der Waals surface area contributed by atoms with E-state index in [9.17, 15) is 14.0 Å². The van der Waals surface area contributed by atoms with E-state index in [-0.39, 0.29) is 23.6 Å². The number of hydrogen-bond donors (Lipinski definition) is 0. The predicted molar refractivity (Wildman–Crippen MR) is 155 cm³/mol. The third kappa shape index (κ3) is 4.99. The van der Waals surface area contributed by atoms with Gasteiger partial charge in [-0.15, -0.1) is 0 Å². The average molecular weight is 576 g/mol. The lowest BCUT2D eigenvalue weighted by molar-refractivity contribution is -0.139. The van der Waals surface area contributed by atoms with Crippen molar-refractivity contribution in [2.75, 3.05) is 20.8 Å². The highest BCUT2D eigenvalue weighted by Crippen LogP contribution is 2.37. The molecule has 2 aromatic carbocycles. The molecule has 0 radical (unpaired) electrons. The molecule has 0 bridgehead atoms. The van der Waals surface area contributed by atoms with Gasteiger partial charge in [-0.2, -0.15) is 0 Å². The summed E-state index contributed by atoms with van der Waals surface area (Å²) in [7, 11) is 3.08. The van der Waals surface area contributed by atoms with Crippen LogP contribution in [-0.4, -0.2) is 35.9 Å². The molecule has 0 fully saturated rings. The summed E-state index contributed by atoms with van der Waals surface area (Å²) in [5.41, 5.74) is 4.55. The number of allylic oxidation sites excluding steroid dienone is 1. The Kier molecular flexibility index (Phi) is 7.68. The quantitative estimate of drug-likeness (QED) is 0.306. The maximum absolute atomic E-state index is 14.1. The number of hydrogen-bond acceptors (Lipinski definition) is 7. The van der Waals surface area contributed by atoms with Crippen LogP contribution in [-0.2, 0) is 9.53 Å². The molecular formula is C31H30FN3O5S. The van der Waals surface area contributed by atoms with Gasteiger partial charge in [0, 0.05) is 28.7 Å². The second kappa shape index (κ2) is 11.2. The highest BCUT2D eigenvalue weighted by atomic mass is 32.1. The zero-order valence-electron chi connectivity index (χ0n) is 23.6. The first-order chi connectivity index (χ1) is 19.7. The third-order valence-corrected chi connectivity index (χ3v) is 8.08. The van der Waals surface area contributed by atoms with Crippen molar-refractivity contribution in [2.45, 2.75) is 33.7 Å². The Labute approximate surface area is 240 Å². The molecule has 1 unspecified atom stereocenters. The highest BCUT2D eigenvalue weighted by molar-refractivity contribution is 7.07. The maximum Gasteiger partial charge on any atom is 0.338 e. The van der Waals surface area contributed by atoms with Crippen molar-refractivity contribution in [2.24, 2.45) is 4.99 Å². The van der Waals surface area contributed by atoms with E-state index in [1.165, 1.54) is 35.1 Å². The Morgan fingerprint density at radius 3 is 2.46 bits per heavy atom. The second-order valence-corrected chi connectivity index (χ2v) is 10.6. The van der Waals surface area contributed by atoms with Gasteiger partial charge in [-0.25, -0.2) is 14.2 Å². The fourth-order valence-corrected chi connectivity index (χ4v) is 6.23. The van der Waals surface area contributed by atoms with E-state index in [1.54, 1.807) is 51.3 Å². The van der Waals surface area contributed by atoms with Gasteiger partial charge in [0.05, 0.1) is 36.6 Å². The number of carbonyl (C=O) groups is 1. The molecule has 0 spiro atoms. The van der Waals surface area contributed by atoms with E-state index in [0.29, 0.717) is 32.1 Å². The van der Waals surface area contributed by atoms with Gasteiger partial charge in [0.2, 0.25) is 0 Å². The van der Waals surface area contributed by atoms with E-state index in [0.717, 1.165) is 22.6 Å². The minimum Gasteiger partial charge on any atom is -0.497 e. The fraction of sp³-hybridized carbons (Fsp3) is 0.258. The molecule has 212 valence electrons. The highest BCUT2D eigenvalue weighted by Gasteiger charge is 2.35. The number of ether oxygens (including phenoxy) is 3. The Morgan fingerprint density at radius 2 is 1.80 bits per heavy atom. The van der Waals surface area contributed by atoms with E-state index in [1.807, 2.05) is 30.6 Å². The average Bonchev–Trinajstić information content (AvgIpc) is 3.41. The Morgan fingerprint density at radius 1 is 1.07 bits per heavy atom. The molecule has 8 nitrogen and oxygen atoms in total. The molecule has 0 N–H and O–H groups in total. The van der Waals surface area contributed by atoms with Crippen molar-refractivity contribution >= 4 is 23.4 Å². The molecule has 0 amide bonds. The first kappa shape index (κ1) is 28.1. The van der Waals surface area contributed by atoms with Crippen LogP contribution in [0.15, 0.2) is 69.6 Å². The Bertz CT molecular complexity index is 1860. The van der Waals surface area contributed by atoms with Crippen molar-refractivity contribution in [1.82, 2.24) is 9.13 Å². The number of aryl methyl sites for hydroxylation is 1. The number of halogens is 1. The van der Waals surface area contributed by atoms with Gasteiger partial charge in [0.15, 0.2) is 4.80 Å². The number of nitrogens with zero attached hydrogens (tertiary/aromatic N) is 3. The van der Waals surface area contributed by atoms with Crippen LogP contribution in [0, 0.1) is 19.7 Å². The lowest BCUT2D eigenvalue weighted by Crippen LogP contribution is -2.40. The lowest BCUT2D eigenvalue weighted by atomic mass is 9.95. The summed E-state index contributed by atoms with van der Waals surface area (Å²) in [5, 5.41) is 0. The van der Waals surface area contributed by atoms with Crippen LogP contribution in [0.2, 0.25) is 0 Å². The molecule has 0 saturated carbocycles. The van der Waals surface area contributed by atoms with Gasteiger partial charge in [-0.05, 0) is 81.8 Å². The van der Waals surface area contributed by atoms with E-state index in [2.05, 4.69) is 4.99 Å². The van der Waals surface area contributed by atoms with Crippen LogP contribution in [0.25, 0.3) is 11.8 Å². The van der Waals surface area contributed by atoms with Crippen molar-refractivity contribution in [1.29, 1.82) is 0 Å². The van der Waals surface area contributed by atoms with Crippen LogP contribution in [0.5, 0.6) is 11.5 Å². The van der Waals surface area contributed by atoms with Gasteiger partial charge in [-0.1, -0.05) is 11.3 Å². The lowest BCUT2D eigenvalue weighted by Gasteiger charge is -2.26. The molecule has 1 aliphatic heterocycles. The summed E-state index contributed by atoms with van der Waals surface area (Å²) in [6.45, 7) is 7.56. The predicted octanol–water partition coefficient (Wildman–Crippen LogP) is 4.36. The van der Waals surface area contributed by atoms with Gasteiger partial charge < -0.3 is 18.8 Å². The number of benzene rings is 2.